The van der Waals surface area contributed by atoms with Crippen molar-refractivity contribution < 1.29 is 14.2 Å². The molecule has 0 amide bonds. The first-order valence-corrected chi connectivity index (χ1v) is 5.19. The maximum Gasteiger partial charge on any atom is 0.163 e. The molecule has 0 aliphatic rings. The number of para-hydroxylation sites is 1. The summed E-state index contributed by atoms with van der Waals surface area (Å²) < 4.78 is 10.1. The van der Waals surface area contributed by atoms with Crippen molar-refractivity contribution in [2.24, 2.45) is 0 Å². The third-order valence-electron chi connectivity index (χ3n) is 2.38. The lowest BCUT2D eigenvalue weighted by atomic mass is 10.1. The summed E-state index contributed by atoms with van der Waals surface area (Å²) >= 11 is 0. The van der Waals surface area contributed by atoms with Crippen molar-refractivity contribution in [2.45, 2.75) is 20.5 Å². The van der Waals surface area contributed by atoms with Gasteiger partial charge in [0, 0.05) is 0 Å². The maximum atomic E-state index is 11.4. The number of ether oxygens (including phenoxy) is 1. The molecule has 0 spiro atoms. The molecule has 2 aromatic rings. The predicted octanol–water partition coefficient (Wildman–Crippen LogP) is 2.16. The predicted molar refractivity (Wildman–Crippen MR) is 59.8 cm³/mol. The average molecular weight is 232 g/mol. The number of carbonyl (C=O) groups is 1. The lowest BCUT2D eigenvalue weighted by molar-refractivity contribution is 0.101. The summed E-state index contributed by atoms with van der Waals surface area (Å²) in [6.07, 6.45) is 0. The van der Waals surface area contributed by atoms with E-state index in [2.05, 4.69) is 14.9 Å². The molecule has 17 heavy (non-hydrogen) atoms. The maximum absolute atomic E-state index is 11.4. The Kier molecular flexibility index (Phi) is 3.18. The molecule has 0 saturated heterocycles. The van der Waals surface area contributed by atoms with Gasteiger partial charge in [-0.2, -0.15) is 0 Å². The Bertz CT molecular complexity index is 534. The lowest BCUT2D eigenvalue weighted by Crippen LogP contribution is -2.02. The smallest absolute Gasteiger partial charge is 0.163 e. The van der Waals surface area contributed by atoms with Gasteiger partial charge in [-0.15, -0.1) is 0 Å². The summed E-state index contributed by atoms with van der Waals surface area (Å²) in [7, 11) is 0. The molecule has 0 aliphatic carbocycles. The third-order valence-corrected chi connectivity index (χ3v) is 2.38. The van der Waals surface area contributed by atoms with E-state index >= 15 is 0 Å². The first-order valence-electron chi connectivity index (χ1n) is 5.19. The van der Waals surface area contributed by atoms with Gasteiger partial charge in [0.05, 0.1) is 5.56 Å². The van der Waals surface area contributed by atoms with Crippen molar-refractivity contribution in [3.05, 3.63) is 41.2 Å². The van der Waals surface area contributed by atoms with Gasteiger partial charge in [-0.1, -0.05) is 22.4 Å². The van der Waals surface area contributed by atoms with Crippen molar-refractivity contribution in [3.8, 4) is 5.75 Å². The van der Waals surface area contributed by atoms with Crippen LogP contribution in [0.4, 0.5) is 0 Å². The van der Waals surface area contributed by atoms with E-state index in [0.29, 0.717) is 22.7 Å². The SMILES string of the molecule is CC(=O)c1ccccc1OCc1nonc1C. The van der Waals surface area contributed by atoms with Crippen LogP contribution in [0, 0.1) is 6.92 Å². The number of Topliss-reactive ketones (excluding diaryl/α,β-unsaturated/α-hetero) is 1. The molecule has 0 aliphatic heterocycles. The number of rotatable bonds is 4. The molecular formula is C12H12N2O3. The summed E-state index contributed by atoms with van der Waals surface area (Å²) in [4.78, 5) is 11.4. The van der Waals surface area contributed by atoms with Crippen LogP contribution in [0.3, 0.4) is 0 Å². The van der Waals surface area contributed by atoms with Gasteiger partial charge in [-0.25, -0.2) is 4.63 Å². The zero-order valence-electron chi connectivity index (χ0n) is 9.64. The fourth-order valence-electron chi connectivity index (χ4n) is 1.41. The van der Waals surface area contributed by atoms with Crippen LogP contribution in [-0.2, 0) is 6.61 Å². The van der Waals surface area contributed by atoms with Gasteiger partial charge < -0.3 is 4.74 Å². The second kappa shape index (κ2) is 4.78. The highest BCUT2D eigenvalue weighted by molar-refractivity contribution is 5.96. The molecule has 1 aromatic carbocycles. The molecule has 1 aromatic heterocycles. The molecule has 0 N–H and O–H groups in total. The van der Waals surface area contributed by atoms with E-state index in [1.807, 2.05) is 6.07 Å². The highest BCUT2D eigenvalue weighted by atomic mass is 16.6. The van der Waals surface area contributed by atoms with E-state index in [1.165, 1.54) is 6.92 Å². The Morgan fingerprint density at radius 2 is 2.12 bits per heavy atom. The molecule has 5 nitrogen and oxygen atoms in total. The zero-order chi connectivity index (χ0) is 12.3. The van der Waals surface area contributed by atoms with Crippen LogP contribution >= 0.6 is 0 Å². The Morgan fingerprint density at radius 3 is 2.76 bits per heavy atom. The average Bonchev–Trinajstić information content (AvgIpc) is 2.72. The van der Waals surface area contributed by atoms with Gasteiger partial charge >= 0.3 is 0 Å². The number of aromatic nitrogens is 2. The second-order valence-corrected chi connectivity index (χ2v) is 3.64. The molecule has 5 heteroatoms. The molecule has 1 heterocycles. The van der Waals surface area contributed by atoms with E-state index in [1.54, 1.807) is 25.1 Å². The summed E-state index contributed by atoms with van der Waals surface area (Å²) in [5.41, 5.74) is 1.87. The largest absolute Gasteiger partial charge is 0.486 e. The van der Waals surface area contributed by atoms with E-state index in [9.17, 15) is 4.79 Å². The van der Waals surface area contributed by atoms with Gasteiger partial charge in [0.1, 0.15) is 23.7 Å². The van der Waals surface area contributed by atoms with Gasteiger partial charge in [-0.3, -0.25) is 4.79 Å². The van der Waals surface area contributed by atoms with Gasteiger partial charge in [0.15, 0.2) is 5.78 Å². The standard InChI is InChI=1S/C12H12N2O3/c1-8-11(14-17-13-8)7-16-12-6-4-3-5-10(12)9(2)15/h3-6H,7H2,1-2H3. The van der Waals surface area contributed by atoms with E-state index in [4.69, 9.17) is 4.74 Å². The van der Waals surface area contributed by atoms with Crippen LogP contribution in [0.2, 0.25) is 0 Å². The van der Waals surface area contributed by atoms with Crippen LogP contribution in [0.1, 0.15) is 28.7 Å². The normalized spacial score (nSPS) is 10.2. The number of carbonyl (C=O) groups excluding carboxylic acids is 1. The minimum Gasteiger partial charge on any atom is -0.486 e. The number of ketones is 1. The van der Waals surface area contributed by atoms with Crippen LogP contribution in [0.15, 0.2) is 28.9 Å². The number of hydrogen-bond donors (Lipinski definition) is 0. The molecule has 0 fully saturated rings. The van der Waals surface area contributed by atoms with Gasteiger partial charge in [-0.05, 0) is 26.0 Å². The Morgan fingerprint density at radius 1 is 1.35 bits per heavy atom. The number of hydrogen-bond acceptors (Lipinski definition) is 5. The third kappa shape index (κ3) is 2.50. The van der Waals surface area contributed by atoms with E-state index in [-0.39, 0.29) is 12.4 Å². The van der Waals surface area contributed by atoms with Gasteiger partial charge in [0.2, 0.25) is 0 Å². The summed E-state index contributed by atoms with van der Waals surface area (Å²) in [6, 6.07) is 7.09. The molecule has 0 unspecified atom stereocenters. The summed E-state index contributed by atoms with van der Waals surface area (Å²) in [5, 5.41) is 7.36. The van der Waals surface area contributed by atoms with Crippen molar-refractivity contribution in [1.82, 2.24) is 10.3 Å². The first-order chi connectivity index (χ1) is 8.18. The highest BCUT2D eigenvalue weighted by Crippen LogP contribution is 2.19. The van der Waals surface area contributed by atoms with E-state index in [0.717, 1.165) is 0 Å². The zero-order valence-corrected chi connectivity index (χ0v) is 9.64. The quantitative estimate of drug-likeness (QED) is 0.756. The van der Waals surface area contributed by atoms with Crippen LogP contribution in [-0.4, -0.2) is 16.1 Å². The number of aryl methyl sites for hydroxylation is 1. The van der Waals surface area contributed by atoms with Crippen molar-refractivity contribution in [1.29, 1.82) is 0 Å². The molecule has 0 saturated carbocycles. The molecule has 2 rings (SSSR count). The first kappa shape index (κ1) is 11.3. The summed E-state index contributed by atoms with van der Waals surface area (Å²) in [6.45, 7) is 3.52. The molecule has 0 bridgehead atoms. The van der Waals surface area contributed by atoms with E-state index < -0.39 is 0 Å². The number of benzene rings is 1. The fourth-order valence-corrected chi connectivity index (χ4v) is 1.41. The highest BCUT2D eigenvalue weighted by Gasteiger charge is 2.10. The van der Waals surface area contributed by atoms with Gasteiger partial charge in [0.25, 0.3) is 0 Å². The van der Waals surface area contributed by atoms with Crippen LogP contribution in [0.25, 0.3) is 0 Å². The van der Waals surface area contributed by atoms with Crippen molar-refractivity contribution in [3.63, 3.8) is 0 Å². The fraction of sp³-hybridized carbons (Fsp3) is 0.250. The monoisotopic (exact) mass is 232 g/mol. The van der Waals surface area contributed by atoms with Crippen molar-refractivity contribution in [2.75, 3.05) is 0 Å². The minimum absolute atomic E-state index is 0.0319. The molecule has 0 radical (unpaired) electrons. The topological polar surface area (TPSA) is 65.2 Å². The Hall–Kier alpha value is -2.17. The Balaban J connectivity index is 2.14. The van der Waals surface area contributed by atoms with Crippen LogP contribution < -0.4 is 4.74 Å². The molecular weight excluding hydrogens is 220 g/mol. The number of nitrogens with zero attached hydrogens (tertiary/aromatic N) is 2. The second-order valence-electron chi connectivity index (χ2n) is 3.64. The molecule has 88 valence electrons. The lowest BCUT2D eigenvalue weighted by Gasteiger charge is -2.07. The summed E-state index contributed by atoms with van der Waals surface area (Å²) in [5.74, 6) is 0.512. The Labute approximate surface area is 98.4 Å². The van der Waals surface area contributed by atoms with Crippen molar-refractivity contribution >= 4 is 5.78 Å². The van der Waals surface area contributed by atoms with Crippen LogP contribution in [0.5, 0.6) is 5.75 Å². The molecule has 0 atom stereocenters. The minimum atomic E-state index is -0.0319.